The Hall–Kier alpha value is -2.15. The first-order valence-electron chi connectivity index (χ1n) is 8.00. The lowest BCUT2D eigenvalue weighted by Crippen LogP contribution is -2.34. The quantitative estimate of drug-likeness (QED) is 0.668. The molecule has 0 saturated heterocycles. The molecule has 3 aromatic rings. The summed E-state index contributed by atoms with van der Waals surface area (Å²) < 4.78 is 0. The summed E-state index contributed by atoms with van der Waals surface area (Å²) in [4.78, 5) is 11.4. The standard InChI is InChI=1S/C21H19O2P.ClH/c22-21(23)16-17-24(18-10-4-1-5-11-18,19-12-6-2-7-13-19)20-14-8-3-9-15-20;/h1-15H,16-17H2;1H/p+1. The zero-order valence-corrected chi connectivity index (χ0v) is 15.5. The van der Waals surface area contributed by atoms with Gasteiger partial charge in [0, 0.05) is 0 Å². The van der Waals surface area contributed by atoms with Crippen LogP contribution < -0.4 is 15.9 Å². The van der Waals surface area contributed by atoms with Crippen LogP contribution in [-0.2, 0) is 4.79 Å². The molecule has 0 heterocycles. The van der Waals surface area contributed by atoms with Crippen LogP contribution in [0.5, 0.6) is 0 Å². The van der Waals surface area contributed by atoms with Gasteiger partial charge in [0.15, 0.2) is 0 Å². The molecule has 0 atom stereocenters. The average molecular weight is 372 g/mol. The number of hydrogen-bond acceptors (Lipinski definition) is 1. The van der Waals surface area contributed by atoms with Crippen LogP contribution in [0.15, 0.2) is 91.0 Å². The first-order chi connectivity index (χ1) is 11.7. The van der Waals surface area contributed by atoms with Crippen molar-refractivity contribution in [1.82, 2.24) is 0 Å². The van der Waals surface area contributed by atoms with E-state index in [0.29, 0.717) is 6.16 Å². The number of carbonyl (C=O) groups is 1. The van der Waals surface area contributed by atoms with Crippen molar-refractivity contribution in [2.45, 2.75) is 6.42 Å². The van der Waals surface area contributed by atoms with E-state index in [1.54, 1.807) is 0 Å². The Morgan fingerprint density at radius 1 is 0.680 bits per heavy atom. The molecule has 0 amide bonds. The SMILES string of the molecule is Cl.O=C(O)CC[P+](c1ccccc1)(c1ccccc1)c1ccccc1. The first kappa shape index (κ1) is 19.2. The summed E-state index contributed by atoms with van der Waals surface area (Å²) in [6.45, 7) is 0. The molecule has 25 heavy (non-hydrogen) atoms. The molecule has 0 aliphatic heterocycles. The van der Waals surface area contributed by atoms with Gasteiger partial charge in [0.1, 0.15) is 23.2 Å². The summed E-state index contributed by atoms with van der Waals surface area (Å²) in [6.07, 6.45) is 0.785. The molecule has 0 radical (unpaired) electrons. The van der Waals surface area contributed by atoms with Crippen molar-refractivity contribution in [2.75, 3.05) is 6.16 Å². The van der Waals surface area contributed by atoms with Crippen LogP contribution in [0.25, 0.3) is 0 Å². The maximum atomic E-state index is 11.4. The molecule has 0 aliphatic rings. The maximum Gasteiger partial charge on any atom is 0.307 e. The highest BCUT2D eigenvalue weighted by atomic mass is 35.5. The van der Waals surface area contributed by atoms with Gasteiger partial charge in [0.25, 0.3) is 0 Å². The maximum absolute atomic E-state index is 11.4. The molecule has 3 rings (SSSR count). The number of carboxylic acids is 1. The number of benzene rings is 3. The summed E-state index contributed by atoms with van der Waals surface area (Å²) in [7, 11) is -1.99. The Morgan fingerprint density at radius 3 is 1.28 bits per heavy atom. The number of aliphatic carboxylic acids is 1. The zero-order valence-electron chi connectivity index (χ0n) is 13.8. The highest BCUT2D eigenvalue weighted by Crippen LogP contribution is 2.55. The predicted octanol–water partition coefficient (Wildman–Crippen LogP) is 3.88. The molecule has 1 N–H and O–H groups in total. The minimum Gasteiger partial charge on any atom is -0.481 e. The van der Waals surface area contributed by atoms with Crippen molar-refractivity contribution in [1.29, 1.82) is 0 Å². The summed E-state index contributed by atoms with van der Waals surface area (Å²) in [5, 5.41) is 13.0. The largest absolute Gasteiger partial charge is 0.481 e. The number of carboxylic acid groups (broad SMARTS) is 1. The van der Waals surface area contributed by atoms with Crippen LogP contribution in [0, 0.1) is 0 Å². The smallest absolute Gasteiger partial charge is 0.307 e. The van der Waals surface area contributed by atoms with Gasteiger partial charge in [-0.2, -0.15) is 0 Å². The number of hydrogen-bond donors (Lipinski definition) is 1. The highest BCUT2D eigenvalue weighted by molar-refractivity contribution is 7.95. The van der Waals surface area contributed by atoms with Crippen molar-refractivity contribution >= 4 is 41.6 Å². The topological polar surface area (TPSA) is 37.3 Å². The van der Waals surface area contributed by atoms with Crippen molar-refractivity contribution < 1.29 is 9.90 Å². The monoisotopic (exact) mass is 371 g/mol. The van der Waals surface area contributed by atoms with E-state index >= 15 is 0 Å². The van der Waals surface area contributed by atoms with Crippen molar-refractivity contribution in [2.24, 2.45) is 0 Å². The van der Waals surface area contributed by atoms with Crippen LogP contribution in [0.3, 0.4) is 0 Å². The second-order valence-electron chi connectivity index (χ2n) is 5.68. The third-order valence-corrected chi connectivity index (χ3v) is 8.69. The number of halogens is 1. The van der Waals surface area contributed by atoms with Crippen LogP contribution in [0.2, 0.25) is 0 Å². The fourth-order valence-corrected chi connectivity index (χ4v) is 7.38. The molecule has 0 spiro atoms. The molecule has 3 aromatic carbocycles. The Kier molecular flexibility index (Phi) is 6.75. The van der Waals surface area contributed by atoms with Gasteiger partial charge in [-0.25, -0.2) is 0 Å². The Labute approximate surface area is 155 Å². The minimum atomic E-state index is -1.99. The normalized spacial score (nSPS) is 10.7. The molecular weight excluding hydrogens is 351 g/mol. The van der Waals surface area contributed by atoms with E-state index in [1.807, 2.05) is 54.6 Å². The van der Waals surface area contributed by atoms with E-state index in [2.05, 4.69) is 36.4 Å². The summed E-state index contributed by atoms with van der Waals surface area (Å²) in [6, 6.07) is 31.1. The fourth-order valence-electron chi connectivity index (χ4n) is 3.15. The molecule has 0 aromatic heterocycles. The molecule has 2 nitrogen and oxygen atoms in total. The lowest BCUT2D eigenvalue weighted by Gasteiger charge is -2.27. The predicted molar refractivity (Wildman–Crippen MR) is 110 cm³/mol. The second kappa shape index (κ2) is 8.80. The molecule has 0 aliphatic carbocycles. The van der Waals surface area contributed by atoms with E-state index < -0.39 is 13.2 Å². The van der Waals surface area contributed by atoms with Gasteiger partial charge in [-0.3, -0.25) is 4.79 Å². The molecule has 0 saturated carbocycles. The summed E-state index contributed by atoms with van der Waals surface area (Å²) in [5.41, 5.74) is 0. The van der Waals surface area contributed by atoms with E-state index in [4.69, 9.17) is 0 Å². The Morgan fingerprint density at radius 2 is 1.00 bits per heavy atom. The third-order valence-electron chi connectivity index (χ3n) is 4.25. The molecular formula is C21H21ClO2P+. The summed E-state index contributed by atoms with van der Waals surface area (Å²) in [5.74, 6) is -0.748. The van der Waals surface area contributed by atoms with E-state index in [9.17, 15) is 9.90 Å². The van der Waals surface area contributed by atoms with Gasteiger partial charge in [0.05, 0.1) is 12.6 Å². The van der Waals surface area contributed by atoms with Crippen molar-refractivity contribution in [3.05, 3.63) is 91.0 Å². The third kappa shape index (κ3) is 4.10. The summed E-state index contributed by atoms with van der Waals surface area (Å²) >= 11 is 0. The minimum absolute atomic E-state index is 0. The van der Waals surface area contributed by atoms with Crippen LogP contribution in [0.1, 0.15) is 6.42 Å². The van der Waals surface area contributed by atoms with E-state index in [-0.39, 0.29) is 18.8 Å². The van der Waals surface area contributed by atoms with Gasteiger partial charge < -0.3 is 5.11 Å². The lowest BCUT2D eigenvalue weighted by atomic mass is 10.4. The molecule has 0 bridgehead atoms. The van der Waals surface area contributed by atoms with Gasteiger partial charge >= 0.3 is 5.97 Å². The molecule has 4 heteroatoms. The average Bonchev–Trinajstić information content (AvgIpc) is 2.65. The highest BCUT2D eigenvalue weighted by Gasteiger charge is 2.45. The first-order valence-corrected chi connectivity index (χ1v) is 9.97. The van der Waals surface area contributed by atoms with Crippen molar-refractivity contribution in [3.63, 3.8) is 0 Å². The Bertz CT molecular complexity index is 695. The van der Waals surface area contributed by atoms with Gasteiger partial charge in [-0.05, 0) is 36.4 Å². The van der Waals surface area contributed by atoms with E-state index in [0.717, 1.165) is 0 Å². The van der Waals surface area contributed by atoms with Gasteiger partial charge in [0.2, 0.25) is 0 Å². The molecule has 0 fully saturated rings. The molecule has 128 valence electrons. The number of rotatable bonds is 6. The van der Waals surface area contributed by atoms with E-state index in [1.165, 1.54) is 15.9 Å². The lowest BCUT2D eigenvalue weighted by molar-refractivity contribution is -0.136. The zero-order chi connectivity index (χ0) is 16.8. The second-order valence-corrected chi connectivity index (χ2v) is 9.30. The van der Waals surface area contributed by atoms with Gasteiger partial charge in [-0.1, -0.05) is 54.6 Å². The van der Waals surface area contributed by atoms with Crippen LogP contribution in [-0.4, -0.2) is 17.2 Å². The van der Waals surface area contributed by atoms with Crippen molar-refractivity contribution in [3.8, 4) is 0 Å². The van der Waals surface area contributed by atoms with Crippen LogP contribution >= 0.6 is 19.7 Å². The molecule has 0 unspecified atom stereocenters. The van der Waals surface area contributed by atoms with Crippen LogP contribution in [0.4, 0.5) is 0 Å². The fraction of sp³-hybridized carbons (Fsp3) is 0.0952. The van der Waals surface area contributed by atoms with Gasteiger partial charge in [-0.15, -0.1) is 12.4 Å². The Balaban J connectivity index is 0.00000225.